The first-order valence-electron chi connectivity index (χ1n) is 8.41. The molecule has 0 spiro atoms. The lowest BCUT2D eigenvalue weighted by Gasteiger charge is -2.15. The fourth-order valence-electron chi connectivity index (χ4n) is 2.70. The van der Waals surface area contributed by atoms with Crippen LogP contribution in [0.15, 0.2) is 59.5 Å². The molecule has 0 aromatic heterocycles. The highest BCUT2D eigenvalue weighted by atomic mass is 32.2. The molecule has 0 saturated carbocycles. The molecule has 1 aliphatic rings. The summed E-state index contributed by atoms with van der Waals surface area (Å²) < 4.78 is 38.2. The first kappa shape index (κ1) is 18.6. The number of sulfonamides is 1. The minimum Gasteiger partial charge on any atom is -0.459 e. The molecule has 1 heterocycles. The second kappa shape index (κ2) is 7.99. The third kappa shape index (κ3) is 4.69. The zero-order valence-electron chi connectivity index (χ0n) is 14.4. The number of nitrogens with one attached hydrogen (secondary N) is 1. The van der Waals surface area contributed by atoms with Gasteiger partial charge in [0.1, 0.15) is 12.8 Å². The Labute approximate surface area is 153 Å². The van der Waals surface area contributed by atoms with Gasteiger partial charge in [-0.1, -0.05) is 35.9 Å². The van der Waals surface area contributed by atoms with E-state index in [0.717, 1.165) is 5.56 Å². The van der Waals surface area contributed by atoms with Gasteiger partial charge >= 0.3 is 5.97 Å². The molecular weight excluding hydrogens is 354 g/mol. The van der Waals surface area contributed by atoms with E-state index in [4.69, 9.17) is 9.47 Å². The number of rotatable bonds is 6. The summed E-state index contributed by atoms with van der Waals surface area (Å²) in [5.41, 5.74) is 1.46. The van der Waals surface area contributed by atoms with Crippen molar-refractivity contribution in [2.75, 3.05) is 6.61 Å². The normalized spacial score (nSPS) is 20.0. The molecule has 1 aliphatic heterocycles. The van der Waals surface area contributed by atoms with Crippen molar-refractivity contribution >= 4 is 16.0 Å². The van der Waals surface area contributed by atoms with Crippen molar-refractivity contribution < 1.29 is 22.7 Å². The summed E-state index contributed by atoms with van der Waals surface area (Å²) in [5, 5.41) is 0. The van der Waals surface area contributed by atoms with Crippen LogP contribution < -0.4 is 4.72 Å². The molecule has 138 valence electrons. The summed E-state index contributed by atoms with van der Waals surface area (Å²) in [7, 11) is -3.64. The number of carbonyl (C=O) groups excluding carboxylic acids is 1. The van der Waals surface area contributed by atoms with Crippen molar-refractivity contribution in [3.05, 3.63) is 65.7 Å². The van der Waals surface area contributed by atoms with Crippen molar-refractivity contribution in [3.8, 4) is 0 Å². The second-order valence-electron chi connectivity index (χ2n) is 6.22. The van der Waals surface area contributed by atoms with E-state index in [-0.39, 0.29) is 17.6 Å². The van der Waals surface area contributed by atoms with Crippen LogP contribution in [0.3, 0.4) is 0 Å². The van der Waals surface area contributed by atoms with Gasteiger partial charge in [0.05, 0.1) is 16.6 Å². The molecule has 0 aliphatic carbocycles. The van der Waals surface area contributed by atoms with E-state index < -0.39 is 22.2 Å². The van der Waals surface area contributed by atoms with Crippen LogP contribution in [0.1, 0.15) is 28.8 Å². The number of hydrogen-bond acceptors (Lipinski definition) is 5. The van der Waals surface area contributed by atoms with Crippen molar-refractivity contribution in [2.24, 2.45) is 0 Å². The molecule has 2 aromatic carbocycles. The zero-order valence-corrected chi connectivity index (χ0v) is 15.2. The highest BCUT2D eigenvalue weighted by Gasteiger charge is 2.30. The van der Waals surface area contributed by atoms with E-state index in [1.807, 2.05) is 13.0 Å². The highest BCUT2D eigenvalue weighted by molar-refractivity contribution is 7.89. The largest absolute Gasteiger partial charge is 0.459 e. The van der Waals surface area contributed by atoms with E-state index in [1.54, 1.807) is 48.5 Å². The van der Waals surface area contributed by atoms with Gasteiger partial charge in [0.15, 0.2) is 0 Å². The molecule has 7 heteroatoms. The summed E-state index contributed by atoms with van der Waals surface area (Å²) in [6, 6.07) is 15.3. The van der Waals surface area contributed by atoms with Crippen molar-refractivity contribution in [1.29, 1.82) is 0 Å². The van der Waals surface area contributed by atoms with Gasteiger partial charge in [0, 0.05) is 0 Å². The molecule has 2 unspecified atom stereocenters. The average molecular weight is 375 g/mol. The van der Waals surface area contributed by atoms with Gasteiger partial charge in [-0.05, 0) is 44.0 Å². The van der Waals surface area contributed by atoms with Gasteiger partial charge in [-0.15, -0.1) is 0 Å². The summed E-state index contributed by atoms with van der Waals surface area (Å²) in [5.74, 6) is -0.419. The van der Waals surface area contributed by atoms with Crippen molar-refractivity contribution in [3.63, 3.8) is 0 Å². The number of esters is 1. The van der Waals surface area contributed by atoms with E-state index >= 15 is 0 Å². The lowest BCUT2D eigenvalue weighted by atomic mass is 10.2. The topological polar surface area (TPSA) is 81.7 Å². The molecule has 0 radical (unpaired) electrons. The van der Waals surface area contributed by atoms with Gasteiger partial charge in [-0.2, -0.15) is 4.72 Å². The molecule has 1 saturated heterocycles. The molecule has 1 fully saturated rings. The lowest BCUT2D eigenvalue weighted by molar-refractivity contribution is -0.0104. The Bertz CT molecular complexity index is 849. The van der Waals surface area contributed by atoms with Crippen LogP contribution in [0.2, 0.25) is 0 Å². The molecular formula is C19H21NO5S. The lowest BCUT2D eigenvalue weighted by Crippen LogP contribution is -2.35. The average Bonchev–Trinajstić information content (AvgIpc) is 3.07. The van der Waals surface area contributed by atoms with Crippen LogP contribution in [-0.4, -0.2) is 33.3 Å². The third-order valence-corrected chi connectivity index (χ3v) is 5.60. The summed E-state index contributed by atoms with van der Waals surface area (Å²) in [6.07, 6.45) is 0.192. The smallest absolute Gasteiger partial charge is 0.338 e. The predicted molar refractivity (Wildman–Crippen MR) is 96.1 cm³/mol. The maximum absolute atomic E-state index is 12.4. The molecule has 26 heavy (non-hydrogen) atoms. The fraction of sp³-hybridized carbons (Fsp3) is 0.316. The van der Waals surface area contributed by atoms with E-state index in [0.29, 0.717) is 18.4 Å². The van der Waals surface area contributed by atoms with Crippen LogP contribution in [0.4, 0.5) is 0 Å². The maximum Gasteiger partial charge on any atom is 0.338 e. The van der Waals surface area contributed by atoms with Crippen LogP contribution in [0.5, 0.6) is 0 Å². The molecule has 6 nitrogen and oxygen atoms in total. The number of benzene rings is 2. The first-order valence-corrected chi connectivity index (χ1v) is 9.89. The number of ether oxygens (including phenoxy) is 2. The van der Waals surface area contributed by atoms with Crippen LogP contribution in [-0.2, 0) is 19.5 Å². The quantitative estimate of drug-likeness (QED) is 0.785. The second-order valence-corrected chi connectivity index (χ2v) is 7.94. The molecule has 1 N–H and O–H groups in total. The Morgan fingerprint density at radius 3 is 2.50 bits per heavy atom. The Balaban J connectivity index is 1.51. The zero-order chi connectivity index (χ0) is 18.6. The number of carbonyl (C=O) groups is 1. The minimum atomic E-state index is -3.64. The SMILES string of the molecule is Cc1ccc(S(=O)(=O)NC2CCC(COC(=O)c3ccccc3)O2)cc1. The Morgan fingerprint density at radius 2 is 1.81 bits per heavy atom. The Morgan fingerprint density at radius 1 is 1.12 bits per heavy atom. The predicted octanol–water partition coefficient (Wildman–Crippen LogP) is 2.64. The molecule has 2 aromatic rings. The Hall–Kier alpha value is -2.22. The van der Waals surface area contributed by atoms with Gasteiger partial charge in [-0.25, -0.2) is 13.2 Å². The molecule has 0 bridgehead atoms. The van der Waals surface area contributed by atoms with Gasteiger partial charge in [0.25, 0.3) is 0 Å². The third-order valence-electron chi connectivity index (χ3n) is 4.14. The highest BCUT2D eigenvalue weighted by Crippen LogP contribution is 2.21. The molecule has 2 atom stereocenters. The monoisotopic (exact) mass is 375 g/mol. The van der Waals surface area contributed by atoms with E-state index in [9.17, 15) is 13.2 Å². The number of hydrogen-bond donors (Lipinski definition) is 1. The number of aryl methyl sites for hydroxylation is 1. The standard InChI is InChI=1S/C19H21NO5S/c1-14-7-10-17(11-8-14)26(22,23)20-18-12-9-16(25-18)13-24-19(21)15-5-3-2-4-6-15/h2-8,10-11,16,18,20H,9,12-13H2,1H3. The summed E-state index contributed by atoms with van der Waals surface area (Å²) in [6.45, 7) is 1.99. The van der Waals surface area contributed by atoms with Crippen LogP contribution in [0, 0.1) is 6.92 Å². The summed E-state index contributed by atoms with van der Waals surface area (Å²) >= 11 is 0. The van der Waals surface area contributed by atoms with Crippen molar-refractivity contribution in [2.45, 2.75) is 37.0 Å². The van der Waals surface area contributed by atoms with Crippen molar-refractivity contribution in [1.82, 2.24) is 4.72 Å². The first-order chi connectivity index (χ1) is 12.4. The van der Waals surface area contributed by atoms with E-state index in [2.05, 4.69) is 4.72 Å². The van der Waals surface area contributed by atoms with Crippen LogP contribution in [0.25, 0.3) is 0 Å². The van der Waals surface area contributed by atoms with Crippen LogP contribution >= 0.6 is 0 Å². The Kier molecular flexibility index (Phi) is 5.70. The fourth-order valence-corrected chi connectivity index (χ4v) is 3.85. The van der Waals surface area contributed by atoms with Gasteiger partial charge in [0.2, 0.25) is 10.0 Å². The molecule has 3 rings (SSSR count). The summed E-state index contributed by atoms with van der Waals surface area (Å²) in [4.78, 5) is 12.1. The minimum absolute atomic E-state index is 0.0937. The van der Waals surface area contributed by atoms with Gasteiger partial charge < -0.3 is 9.47 Å². The van der Waals surface area contributed by atoms with E-state index in [1.165, 1.54) is 0 Å². The van der Waals surface area contributed by atoms with Gasteiger partial charge in [-0.3, -0.25) is 0 Å². The molecule has 0 amide bonds. The maximum atomic E-state index is 12.4.